The highest BCUT2D eigenvalue weighted by Gasteiger charge is 2.24. The summed E-state index contributed by atoms with van der Waals surface area (Å²) in [6.07, 6.45) is 2.05. The summed E-state index contributed by atoms with van der Waals surface area (Å²) in [6.45, 7) is 5.85. The standard InChI is InChI=1S/C20H25NO2/c1-4-14-6-8-18(19(12-14)22-3)20-17-9-7-16(23-5-2)13-15(17)10-11-21-20/h6-9,12-13,20-21H,4-5,10-11H2,1-3H3. The van der Waals surface area contributed by atoms with Crippen molar-refractivity contribution in [2.75, 3.05) is 20.3 Å². The van der Waals surface area contributed by atoms with Gasteiger partial charge in [-0.05, 0) is 54.7 Å². The molecule has 1 aliphatic rings. The molecule has 1 heterocycles. The fraction of sp³-hybridized carbons (Fsp3) is 0.400. The molecule has 1 unspecified atom stereocenters. The minimum atomic E-state index is 0.176. The summed E-state index contributed by atoms with van der Waals surface area (Å²) in [5, 5.41) is 3.63. The van der Waals surface area contributed by atoms with Crippen molar-refractivity contribution in [1.29, 1.82) is 0 Å². The molecule has 1 N–H and O–H groups in total. The Labute approximate surface area is 138 Å². The molecular weight excluding hydrogens is 286 g/mol. The van der Waals surface area contributed by atoms with Crippen molar-refractivity contribution < 1.29 is 9.47 Å². The molecule has 23 heavy (non-hydrogen) atoms. The lowest BCUT2D eigenvalue weighted by Gasteiger charge is -2.29. The Bertz CT molecular complexity index is 681. The van der Waals surface area contributed by atoms with Crippen molar-refractivity contribution >= 4 is 0 Å². The van der Waals surface area contributed by atoms with Crippen LogP contribution in [0.25, 0.3) is 0 Å². The van der Waals surface area contributed by atoms with Gasteiger partial charge in [-0.15, -0.1) is 0 Å². The molecule has 0 saturated carbocycles. The number of methoxy groups -OCH3 is 1. The third-order valence-corrected chi connectivity index (χ3v) is 4.50. The molecule has 0 amide bonds. The highest BCUT2D eigenvalue weighted by Crippen LogP contribution is 2.36. The molecule has 0 aliphatic carbocycles. The van der Waals surface area contributed by atoms with E-state index in [1.807, 2.05) is 6.92 Å². The molecule has 0 spiro atoms. The largest absolute Gasteiger partial charge is 0.496 e. The third kappa shape index (κ3) is 3.20. The Morgan fingerprint density at radius 1 is 1.09 bits per heavy atom. The monoisotopic (exact) mass is 311 g/mol. The normalized spacial score (nSPS) is 16.7. The van der Waals surface area contributed by atoms with Gasteiger partial charge in [0.2, 0.25) is 0 Å². The van der Waals surface area contributed by atoms with E-state index >= 15 is 0 Å². The second kappa shape index (κ2) is 7.05. The van der Waals surface area contributed by atoms with E-state index in [0.29, 0.717) is 6.61 Å². The molecular formula is C20H25NO2. The van der Waals surface area contributed by atoms with Crippen molar-refractivity contribution in [3.8, 4) is 11.5 Å². The van der Waals surface area contributed by atoms with Crippen LogP contribution in [0.3, 0.4) is 0 Å². The van der Waals surface area contributed by atoms with Crippen molar-refractivity contribution in [1.82, 2.24) is 5.32 Å². The lowest BCUT2D eigenvalue weighted by atomic mass is 9.88. The molecule has 0 radical (unpaired) electrons. The zero-order chi connectivity index (χ0) is 16.2. The van der Waals surface area contributed by atoms with Crippen LogP contribution in [0.4, 0.5) is 0 Å². The van der Waals surface area contributed by atoms with Gasteiger partial charge in [0.1, 0.15) is 11.5 Å². The average Bonchev–Trinajstić information content (AvgIpc) is 2.60. The first-order valence-electron chi connectivity index (χ1n) is 8.42. The Morgan fingerprint density at radius 3 is 2.65 bits per heavy atom. The van der Waals surface area contributed by atoms with Crippen molar-refractivity contribution in [3.63, 3.8) is 0 Å². The van der Waals surface area contributed by atoms with Gasteiger partial charge in [-0.25, -0.2) is 0 Å². The van der Waals surface area contributed by atoms with E-state index in [1.54, 1.807) is 7.11 Å². The Balaban J connectivity index is 2.00. The van der Waals surface area contributed by atoms with Gasteiger partial charge in [0.05, 0.1) is 19.8 Å². The number of benzene rings is 2. The maximum Gasteiger partial charge on any atom is 0.124 e. The second-order valence-corrected chi connectivity index (χ2v) is 5.86. The van der Waals surface area contributed by atoms with Crippen LogP contribution in [-0.4, -0.2) is 20.3 Å². The molecule has 122 valence electrons. The van der Waals surface area contributed by atoms with E-state index in [0.717, 1.165) is 30.9 Å². The molecule has 3 nitrogen and oxygen atoms in total. The van der Waals surface area contributed by atoms with Crippen LogP contribution in [0, 0.1) is 0 Å². The first-order valence-corrected chi connectivity index (χ1v) is 8.42. The van der Waals surface area contributed by atoms with Crippen molar-refractivity contribution in [3.05, 3.63) is 58.7 Å². The number of hydrogen-bond acceptors (Lipinski definition) is 3. The number of aryl methyl sites for hydroxylation is 1. The summed E-state index contributed by atoms with van der Waals surface area (Å²) in [5.74, 6) is 1.92. The van der Waals surface area contributed by atoms with E-state index in [1.165, 1.54) is 22.3 Å². The molecule has 0 bridgehead atoms. The predicted octanol–water partition coefficient (Wildman–Crippen LogP) is 3.89. The van der Waals surface area contributed by atoms with Gasteiger partial charge in [-0.2, -0.15) is 0 Å². The Hall–Kier alpha value is -2.00. The summed E-state index contributed by atoms with van der Waals surface area (Å²) < 4.78 is 11.3. The van der Waals surface area contributed by atoms with Gasteiger partial charge >= 0.3 is 0 Å². The molecule has 1 atom stereocenters. The molecule has 1 aliphatic heterocycles. The summed E-state index contributed by atoms with van der Waals surface area (Å²) in [7, 11) is 1.75. The topological polar surface area (TPSA) is 30.5 Å². The van der Waals surface area contributed by atoms with Crippen LogP contribution in [-0.2, 0) is 12.8 Å². The van der Waals surface area contributed by atoms with Gasteiger partial charge in [0.25, 0.3) is 0 Å². The molecule has 0 saturated heterocycles. The maximum atomic E-state index is 5.65. The van der Waals surface area contributed by atoms with Gasteiger partial charge in [0, 0.05) is 12.1 Å². The third-order valence-electron chi connectivity index (χ3n) is 4.50. The van der Waals surface area contributed by atoms with E-state index in [4.69, 9.17) is 9.47 Å². The summed E-state index contributed by atoms with van der Waals surface area (Å²) in [5.41, 5.74) is 5.19. The molecule has 3 rings (SSSR count). The number of nitrogens with one attached hydrogen (secondary N) is 1. The van der Waals surface area contributed by atoms with Gasteiger partial charge in [0.15, 0.2) is 0 Å². The van der Waals surface area contributed by atoms with Gasteiger partial charge < -0.3 is 14.8 Å². The molecule has 0 aromatic heterocycles. The highest BCUT2D eigenvalue weighted by molar-refractivity contribution is 5.48. The molecule has 2 aromatic carbocycles. The number of ether oxygens (including phenoxy) is 2. The minimum absolute atomic E-state index is 0.176. The number of fused-ring (bicyclic) bond motifs is 1. The van der Waals surface area contributed by atoms with E-state index < -0.39 is 0 Å². The highest BCUT2D eigenvalue weighted by atomic mass is 16.5. The molecule has 2 aromatic rings. The first kappa shape index (κ1) is 15.9. The average molecular weight is 311 g/mol. The zero-order valence-corrected chi connectivity index (χ0v) is 14.2. The van der Waals surface area contributed by atoms with Crippen LogP contribution >= 0.6 is 0 Å². The van der Waals surface area contributed by atoms with Crippen LogP contribution in [0.1, 0.15) is 42.1 Å². The fourth-order valence-corrected chi connectivity index (χ4v) is 3.29. The number of hydrogen-bond donors (Lipinski definition) is 1. The quantitative estimate of drug-likeness (QED) is 0.908. The smallest absolute Gasteiger partial charge is 0.124 e. The van der Waals surface area contributed by atoms with E-state index in [9.17, 15) is 0 Å². The summed E-state index contributed by atoms with van der Waals surface area (Å²) in [6, 6.07) is 13.2. The predicted molar refractivity (Wildman–Crippen MR) is 93.5 cm³/mol. The van der Waals surface area contributed by atoms with Crippen LogP contribution < -0.4 is 14.8 Å². The van der Waals surface area contributed by atoms with E-state index in [-0.39, 0.29) is 6.04 Å². The first-order chi connectivity index (χ1) is 11.3. The number of rotatable bonds is 5. The Kier molecular flexibility index (Phi) is 4.87. The molecule has 0 fully saturated rings. The van der Waals surface area contributed by atoms with Crippen LogP contribution in [0.2, 0.25) is 0 Å². The van der Waals surface area contributed by atoms with Crippen LogP contribution in [0.5, 0.6) is 11.5 Å². The fourth-order valence-electron chi connectivity index (χ4n) is 3.29. The SMILES string of the molecule is CCOc1ccc2c(c1)CCNC2c1ccc(CC)cc1OC. The van der Waals surface area contributed by atoms with Crippen LogP contribution in [0.15, 0.2) is 36.4 Å². The van der Waals surface area contributed by atoms with Gasteiger partial charge in [-0.3, -0.25) is 0 Å². The van der Waals surface area contributed by atoms with Crippen molar-refractivity contribution in [2.24, 2.45) is 0 Å². The lowest BCUT2D eigenvalue weighted by Crippen LogP contribution is -2.30. The summed E-state index contributed by atoms with van der Waals surface area (Å²) in [4.78, 5) is 0. The van der Waals surface area contributed by atoms with Gasteiger partial charge in [-0.1, -0.05) is 25.1 Å². The minimum Gasteiger partial charge on any atom is -0.496 e. The lowest BCUT2D eigenvalue weighted by molar-refractivity contribution is 0.339. The second-order valence-electron chi connectivity index (χ2n) is 5.86. The maximum absolute atomic E-state index is 5.65. The zero-order valence-electron chi connectivity index (χ0n) is 14.2. The Morgan fingerprint density at radius 2 is 1.91 bits per heavy atom. The van der Waals surface area contributed by atoms with Crippen molar-refractivity contribution in [2.45, 2.75) is 32.7 Å². The van der Waals surface area contributed by atoms with E-state index in [2.05, 4.69) is 48.6 Å². The molecule has 3 heteroatoms. The summed E-state index contributed by atoms with van der Waals surface area (Å²) >= 11 is 0.